The number of anilines is 2. The van der Waals surface area contributed by atoms with Gasteiger partial charge in [0.1, 0.15) is 16.4 Å². The molecule has 34 heavy (non-hydrogen) atoms. The summed E-state index contributed by atoms with van der Waals surface area (Å²) in [6.45, 7) is 0. The number of alkyl halides is 3. The second-order valence-electron chi connectivity index (χ2n) is 7.00. The first-order valence-corrected chi connectivity index (χ1v) is 11.1. The lowest BCUT2D eigenvalue weighted by Crippen LogP contribution is -2.33. The quantitative estimate of drug-likeness (QED) is 0.283. The van der Waals surface area contributed by atoms with Crippen LogP contribution >= 0.6 is 35.0 Å². The van der Waals surface area contributed by atoms with Crippen LogP contribution < -0.4 is 10.2 Å². The molecular formula is C23H12Cl2F4N2O2S. The number of hydrogen-bond acceptors (Lipinski definition) is 4. The third-order valence-corrected chi connectivity index (χ3v) is 6.37. The number of carbonyl (C=O) groups is 2. The summed E-state index contributed by atoms with van der Waals surface area (Å²) >= 11 is 12.9. The Labute approximate surface area is 205 Å². The number of rotatable bonds is 5. The number of thioether (sulfide) groups is 1. The van der Waals surface area contributed by atoms with Crippen molar-refractivity contribution in [3.63, 3.8) is 0 Å². The van der Waals surface area contributed by atoms with Gasteiger partial charge in [-0.25, -0.2) is 9.29 Å². The van der Waals surface area contributed by atoms with Crippen LogP contribution in [0.2, 0.25) is 10.0 Å². The van der Waals surface area contributed by atoms with E-state index in [4.69, 9.17) is 23.2 Å². The summed E-state index contributed by atoms with van der Waals surface area (Å²) in [6.07, 6.45) is -4.71. The zero-order chi connectivity index (χ0) is 24.6. The van der Waals surface area contributed by atoms with Gasteiger partial charge < -0.3 is 5.32 Å². The number of carbonyl (C=O) groups excluding carboxylic acids is 2. The smallest absolute Gasteiger partial charge is 0.350 e. The molecule has 0 bridgehead atoms. The highest BCUT2D eigenvalue weighted by Gasteiger charge is 2.42. The molecule has 4 rings (SSSR count). The van der Waals surface area contributed by atoms with E-state index >= 15 is 0 Å². The zero-order valence-corrected chi connectivity index (χ0v) is 19.1. The minimum absolute atomic E-state index is 0.0786. The van der Waals surface area contributed by atoms with E-state index in [1.807, 2.05) is 0 Å². The van der Waals surface area contributed by atoms with Crippen molar-refractivity contribution in [1.29, 1.82) is 0 Å². The number of amides is 2. The predicted octanol–water partition coefficient (Wildman–Crippen LogP) is 7.14. The number of hydrogen-bond donors (Lipinski definition) is 1. The van der Waals surface area contributed by atoms with Gasteiger partial charge >= 0.3 is 6.18 Å². The van der Waals surface area contributed by atoms with E-state index in [2.05, 4.69) is 5.32 Å². The van der Waals surface area contributed by atoms with Crippen LogP contribution in [0.15, 0.2) is 82.2 Å². The molecule has 0 saturated carbocycles. The minimum atomic E-state index is -4.71. The SMILES string of the molecule is O=C1C(Nc2ccc(F)cc2)=C(Sc2ccc(Cl)cc2)C(=O)N1c1cc(C(F)(F)F)ccc1Cl. The summed E-state index contributed by atoms with van der Waals surface area (Å²) in [7, 11) is 0. The summed E-state index contributed by atoms with van der Waals surface area (Å²) in [5, 5.41) is 3.02. The third kappa shape index (κ3) is 4.91. The summed E-state index contributed by atoms with van der Waals surface area (Å²) in [5.41, 5.74) is -1.37. The largest absolute Gasteiger partial charge is 0.416 e. The Balaban J connectivity index is 1.78. The molecule has 11 heteroatoms. The topological polar surface area (TPSA) is 49.4 Å². The van der Waals surface area contributed by atoms with Crippen molar-refractivity contribution >= 4 is 58.2 Å². The minimum Gasteiger partial charge on any atom is -0.350 e. The molecule has 174 valence electrons. The zero-order valence-electron chi connectivity index (χ0n) is 16.8. The van der Waals surface area contributed by atoms with Gasteiger partial charge in [0.15, 0.2) is 0 Å². The fraction of sp³-hybridized carbons (Fsp3) is 0.0435. The molecule has 0 spiro atoms. The lowest BCUT2D eigenvalue weighted by atomic mass is 10.2. The Morgan fingerprint density at radius 1 is 0.853 bits per heavy atom. The van der Waals surface area contributed by atoms with E-state index in [0.717, 1.165) is 36.0 Å². The highest BCUT2D eigenvalue weighted by molar-refractivity contribution is 8.04. The molecule has 1 heterocycles. The Morgan fingerprint density at radius 3 is 2.12 bits per heavy atom. The van der Waals surface area contributed by atoms with Crippen LogP contribution in [-0.2, 0) is 15.8 Å². The predicted molar refractivity (Wildman–Crippen MR) is 123 cm³/mol. The second kappa shape index (κ2) is 9.32. The van der Waals surface area contributed by atoms with E-state index in [1.165, 1.54) is 12.1 Å². The van der Waals surface area contributed by atoms with Gasteiger partial charge in [0, 0.05) is 15.6 Å². The van der Waals surface area contributed by atoms with Crippen LogP contribution in [0.25, 0.3) is 0 Å². The average Bonchev–Trinajstić information content (AvgIpc) is 3.00. The molecule has 4 nitrogen and oxygen atoms in total. The van der Waals surface area contributed by atoms with E-state index in [9.17, 15) is 27.2 Å². The monoisotopic (exact) mass is 526 g/mol. The van der Waals surface area contributed by atoms with Gasteiger partial charge in [-0.3, -0.25) is 9.59 Å². The molecule has 1 aliphatic rings. The number of nitrogens with one attached hydrogen (secondary N) is 1. The molecule has 2 amide bonds. The normalized spacial score (nSPS) is 14.2. The lowest BCUT2D eigenvalue weighted by Gasteiger charge is -2.18. The Hall–Kier alpha value is -3.01. The fourth-order valence-corrected chi connectivity index (χ4v) is 4.35. The standard InChI is InChI=1S/C23H12Cl2F4N2O2S/c24-13-2-8-16(9-3-13)34-20-19(30-15-6-4-14(26)5-7-15)21(32)31(22(20)33)18-11-12(23(27,28)29)1-10-17(18)25/h1-11,30H. The van der Waals surface area contributed by atoms with E-state index in [-0.39, 0.29) is 15.6 Å². The van der Waals surface area contributed by atoms with Gasteiger partial charge in [-0.1, -0.05) is 35.0 Å². The Kier molecular flexibility index (Phi) is 6.62. The van der Waals surface area contributed by atoms with Crippen LogP contribution in [0.1, 0.15) is 5.56 Å². The van der Waals surface area contributed by atoms with Gasteiger partial charge in [0.25, 0.3) is 11.8 Å². The highest BCUT2D eigenvalue weighted by Crippen LogP contribution is 2.42. The molecule has 0 aliphatic carbocycles. The maximum atomic E-state index is 13.3. The molecule has 0 fully saturated rings. The van der Waals surface area contributed by atoms with Crippen LogP contribution in [-0.4, -0.2) is 11.8 Å². The number of halogens is 6. The van der Waals surface area contributed by atoms with Gasteiger partial charge in [0.2, 0.25) is 0 Å². The first-order chi connectivity index (χ1) is 16.0. The Bertz CT molecular complexity index is 1240. The van der Waals surface area contributed by atoms with E-state index < -0.39 is 35.1 Å². The molecule has 1 aliphatic heterocycles. The highest BCUT2D eigenvalue weighted by atomic mass is 35.5. The maximum absolute atomic E-state index is 13.3. The van der Waals surface area contributed by atoms with Gasteiger partial charge in [-0.15, -0.1) is 0 Å². The summed E-state index contributed by atoms with van der Waals surface area (Å²) in [5.74, 6) is -2.29. The van der Waals surface area contributed by atoms with Crippen molar-refractivity contribution in [3.8, 4) is 0 Å². The number of nitrogens with zero attached hydrogens (tertiary/aromatic N) is 1. The first kappa shape index (κ1) is 24.1. The molecule has 0 atom stereocenters. The van der Waals surface area contributed by atoms with Gasteiger partial charge in [0.05, 0.1) is 16.3 Å². The van der Waals surface area contributed by atoms with Crippen LogP contribution in [0, 0.1) is 5.82 Å². The van der Waals surface area contributed by atoms with Crippen molar-refractivity contribution in [2.75, 3.05) is 10.2 Å². The molecule has 3 aromatic rings. The summed E-state index contributed by atoms with van der Waals surface area (Å²) in [6, 6.07) is 13.8. The fourth-order valence-electron chi connectivity index (χ4n) is 3.09. The molecular weight excluding hydrogens is 515 g/mol. The summed E-state index contributed by atoms with van der Waals surface area (Å²) < 4.78 is 53.1. The number of benzene rings is 3. The maximum Gasteiger partial charge on any atom is 0.416 e. The first-order valence-electron chi connectivity index (χ1n) is 9.50. The summed E-state index contributed by atoms with van der Waals surface area (Å²) in [4.78, 5) is 27.7. The van der Waals surface area contributed by atoms with Crippen LogP contribution in [0.5, 0.6) is 0 Å². The van der Waals surface area contributed by atoms with Gasteiger partial charge in [-0.2, -0.15) is 13.2 Å². The van der Waals surface area contributed by atoms with Gasteiger partial charge in [-0.05, 0) is 66.7 Å². The van der Waals surface area contributed by atoms with Crippen molar-refractivity contribution in [3.05, 3.63) is 98.8 Å². The Morgan fingerprint density at radius 2 is 1.50 bits per heavy atom. The molecule has 0 saturated heterocycles. The molecule has 0 unspecified atom stereocenters. The van der Waals surface area contributed by atoms with Crippen LogP contribution in [0.4, 0.5) is 28.9 Å². The number of imide groups is 1. The van der Waals surface area contributed by atoms with Crippen molar-refractivity contribution in [2.24, 2.45) is 0 Å². The molecule has 0 radical (unpaired) electrons. The van der Waals surface area contributed by atoms with E-state index in [0.29, 0.717) is 26.6 Å². The van der Waals surface area contributed by atoms with Crippen molar-refractivity contribution in [1.82, 2.24) is 0 Å². The molecule has 3 aromatic carbocycles. The van der Waals surface area contributed by atoms with Crippen molar-refractivity contribution in [2.45, 2.75) is 11.1 Å². The second-order valence-corrected chi connectivity index (χ2v) is 8.93. The van der Waals surface area contributed by atoms with Crippen molar-refractivity contribution < 1.29 is 27.2 Å². The molecule has 0 aromatic heterocycles. The lowest BCUT2D eigenvalue weighted by molar-refractivity contribution is -0.137. The van der Waals surface area contributed by atoms with E-state index in [1.54, 1.807) is 24.3 Å². The molecule has 1 N–H and O–H groups in total. The average molecular weight is 527 g/mol. The van der Waals surface area contributed by atoms with Crippen LogP contribution in [0.3, 0.4) is 0 Å². The third-order valence-electron chi connectivity index (χ3n) is 4.70.